The topological polar surface area (TPSA) is 98.5 Å². The highest BCUT2D eigenvalue weighted by atomic mass is 32.2. The average molecular weight is 288 g/mol. The average Bonchev–Trinajstić information content (AvgIpc) is 2.25. The second-order valence-electron chi connectivity index (χ2n) is 4.98. The molecule has 1 aromatic carbocycles. The van der Waals surface area contributed by atoms with E-state index in [9.17, 15) is 18.5 Å². The molecule has 106 valence electrons. The van der Waals surface area contributed by atoms with Crippen LogP contribution < -0.4 is 4.89 Å². The van der Waals surface area contributed by atoms with Crippen LogP contribution in [-0.2, 0) is 14.9 Å². The van der Waals surface area contributed by atoms with E-state index in [2.05, 4.69) is 0 Å². The summed E-state index contributed by atoms with van der Waals surface area (Å²) in [7, 11) is -4.11. The van der Waals surface area contributed by atoms with Gasteiger partial charge in [-0.15, -0.1) is 0 Å². The van der Waals surface area contributed by atoms with E-state index >= 15 is 0 Å². The fourth-order valence-corrected chi connectivity index (χ4v) is 2.70. The lowest BCUT2D eigenvalue weighted by atomic mass is 10.2. The maximum absolute atomic E-state index is 12.1. The Morgan fingerprint density at radius 1 is 1.32 bits per heavy atom. The number of sulfonamides is 1. The maximum Gasteiger partial charge on any atom is 0.289 e. The van der Waals surface area contributed by atoms with Crippen molar-refractivity contribution in [3.05, 3.63) is 33.9 Å². The SMILES string of the molecule is Cc1cccc([N+](=O)[O-])c1S(=O)(=O)NOC(C)(C)C. The van der Waals surface area contributed by atoms with Crippen LogP contribution in [0.25, 0.3) is 0 Å². The first-order valence-corrected chi connectivity index (χ1v) is 6.97. The van der Waals surface area contributed by atoms with E-state index in [-0.39, 0.29) is 10.5 Å². The van der Waals surface area contributed by atoms with Crippen molar-refractivity contribution in [1.82, 2.24) is 4.89 Å². The second-order valence-corrected chi connectivity index (χ2v) is 6.56. The summed E-state index contributed by atoms with van der Waals surface area (Å²) in [5, 5.41) is 10.9. The molecule has 1 rings (SSSR count). The van der Waals surface area contributed by atoms with E-state index in [1.165, 1.54) is 19.1 Å². The molecule has 19 heavy (non-hydrogen) atoms. The van der Waals surface area contributed by atoms with Crippen LogP contribution in [0.2, 0.25) is 0 Å². The number of aryl methyl sites for hydroxylation is 1. The molecule has 0 aliphatic rings. The van der Waals surface area contributed by atoms with Gasteiger partial charge in [0.15, 0.2) is 4.90 Å². The number of nitro groups is 1. The first kappa shape index (κ1) is 15.5. The van der Waals surface area contributed by atoms with Crippen molar-refractivity contribution in [2.75, 3.05) is 0 Å². The van der Waals surface area contributed by atoms with E-state index < -0.39 is 26.2 Å². The van der Waals surface area contributed by atoms with Crippen molar-refractivity contribution in [2.24, 2.45) is 0 Å². The molecule has 0 heterocycles. The van der Waals surface area contributed by atoms with Gasteiger partial charge in [0.05, 0.1) is 10.5 Å². The normalized spacial score (nSPS) is 12.4. The number of rotatable bonds is 4. The summed E-state index contributed by atoms with van der Waals surface area (Å²) in [6, 6.07) is 4.05. The van der Waals surface area contributed by atoms with Gasteiger partial charge in [0.1, 0.15) is 0 Å². The van der Waals surface area contributed by atoms with Gasteiger partial charge in [-0.05, 0) is 33.3 Å². The lowest BCUT2D eigenvalue weighted by molar-refractivity contribution is -0.387. The van der Waals surface area contributed by atoms with Gasteiger partial charge in [-0.3, -0.25) is 15.0 Å². The zero-order chi connectivity index (χ0) is 14.8. The Hall–Kier alpha value is -1.51. The molecule has 0 spiro atoms. The standard InChI is InChI=1S/C11H16N2O5S/c1-8-6-5-7-9(13(14)15)10(8)19(16,17)12-18-11(2,3)4/h5-7,12H,1-4H3. The molecule has 8 heteroatoms. The van der Waals surface area contributed by atoms with E-state index in [0.717, 1.165) is 6.07 Å². The first-order chi connectivity index (χ1) is 8.54. The summed E-state index contributed by atoms with van der Waals surface area (Å²) in [6.45, 7) is 6.45. The molecule has 0 atom stereocenters. The van der Waals surface area contributed by atoms with Crippen LogP contribution in [0.4, 0.5) is 5.69 Å². The van der Waals surface area contributed by atoms with Crippen LogP contribution in [0.1, 0.15) is 26.3 Å². The molecule has 7 nitrogen and oxygen atoms in total. The fourth-order valence-electron chi connectivity index (χ4n) is 1.35. The Morgan fingerprint density at radius 2 is 1.89 bits per heavy atom. The predicted molar refractivity (Wildman–Crippen MR) is 69.0 cm³/mol. The number of nitrogens with zero attached hydrogens (tertiary/aromatic N) is 1. The Labute approximate surface area is 111 Å². The van der Waals surface area contributed by atoms with Crippen molar-refractivity contribution in [3.63, 3.8) is 0 Å². The van der Waals surface area contributed by atoms with Gasteiger partial charge in [-0.25, -0.2) is 8.42 Å². The Bertz CT molecular complexity index is 590. The van der Waals surface area contributed by atoms with Gasteiger partial charge in [0, 0.05) is 6.07 Å². The molecule has 0 radical (unpaired) electrons. The summed E-state index contributed by atoms with van der Waals surface area (Å²) >= 11 is 0. The zero-order valence-electron chi connectivity index (χ0n) is 11.1. The lowest BCUT2D eigenvalue weighted by Crippen LogP contribution is -2.34. The molecule has 0 aliphatic carbocycles. The van der Waals surface area contributed by atoms with Gasteiger partial charge in [-0.1, -0.05) is 17.0 Å². The minimum Gasteiger partial charge on any atom is -0.281 e. The highest BCUT2D eigenvalue weighted by molar-refractivity contribution is 7.89. The fraction of sp³-hybridized carbons (Fsp3) is 0.455. The third-order valence-corrected chi connectivity index (χ3v) is 3.49. The van der Waals surface area contributed by atoms with Crippen LogP contribution in [0.5, 0.6) is 0 Å². The van der Waals surface area contributed by atoms with Crippen LogP contribution in [-0.4, -0.2) is 18.9 Å². The van der Waals surface area contributed by atoms with Gasteiger partial charge in [0.2, 0.25) is 0 Å². The molecule has 0 aromatic heterocycles. The van der Waals surface area contributed by atoms with Crippen LogP contribution in [0.3, 0.4) is 0 Å². The first-order valence-electron chi connectivity index (χ1n) is 5.48. The summed E-state index contributed by atoms with van der Waals surface area (Å²) in [5.41, 5.74) is -0.950. The summed E-state index contributed by atoms with van der Waals surface area (Å²) in [6.07, 6.45) is 0. The minimum atomic E-state index is -4.11. The number of benzene rings is 1. The van der Waals surface area contributed by atoms with Gasteiger partial charge >= 0.3 is 0 Å². The smallest absolute Gasteiger partial charge is 0.281 e. The Morgan fingerprint density at radius 3 is 2.37 bits per heavy atom. The molecule has 0 saturated carbocycles. The number of hydrogen-bond acceptors (Lipinski definition) is 5. The van der Waals surface area contributed by atoms with Crippen LogP contribution in [0.15, 0.2) is 23.1 Å². The lowest BCUT2D eigenvalue weighted by Gasteiger charge is -2.19. The summed E-state index contributed by atoms with van der Waals surface area (Å²) in [4.78, 5) is 16.7. The molecule has 0 aliphatic heterocycles. The maximum atomic E-state index is 12.1. The largest absolute Gasteiger partial charge is 0.289 e. The highest BCUT2D eigenvalue weighted by Crippen LogP contribution is 2.27. The number of nitrogens with one attached hydrogen (secondary N) is 1. The molecule has 0 fully saturated rings. The van der Waals surface area contributed by atoms with Crippen molar-refractivity contribution in [3.8, 4) is 0 Å². The Balaban J connectivity index is 3.25. The van der Waals surface area contributed by atoms with Crippen LogP contribution >= 0.6 is 0 Å². The van der Waals surface area contributed by atoms with Crippen molar-refractivity contribution in [2.45, 2.75) is 38.2 Å². The molecule has 1 N–H and O–H groups in total. The highest BCUT2D eigenvalue weighted by Gasteiger charge is 2.29. The number of hydrogen-bond donors (Lipinski definition) is 1. The molecule has 0 bridgehead atoms. The summed E-state index contributed by atoms with van der Waals surface area (Å²) < 4.78 is 24.2. The monoisotopic (exact) mass is 288 g/mol. The second kappa shape index (κ2) is 5.24. The van der Waals surface area contributed by atoms with Gasteiger partial charge in [0.25, 0.3) is 15.7 Å². The molecule has 0 amide bonds. The van der Waals surface area contributed by atoms with Crippen molar-refractivity contribution >= 4 is 15.7 Å². The quantitative estimate of drug-likeness (QED) is 0.674. The predicted octanol–water partition coefficient (Wildman–Crippen LogP) is 1.91. The molecule has 0 unspecified atom stereocenters. The van der Waals surface area contributed by atoms with Crippen LogP contribution in [0, 0.1) is 17.0 Å². The summed E-state index contributed by atoms with van der Waals surface area (Å²) in [5.74, 6) is 0. The van der Waals surface area contributed by atoms with Gasteiger partial charge in [-0.2, -0.15) is 0 Å². The third-order valence-electron chi connectivity index (χ3n) is 2.11. The van der Waals surface area contributed by atoms with E-state index in [4.69, 9.17) is 4.84 Å². The molecule has 1 aromatic rings. The zero-order valence-corrected chi connectivity index (χ0v) is 11.9. The van der Waals surface area contributed by atoms with E-state index in [0.29, 0.717) is 0 Å². The number of nitro benzene ring substituents is 1. The molecular formula is C11H16N2O5S. The van der Waals surface area contributed by atoms with E-state index in [1.54, 1.807) is 20.8 Å². The molecule has 0 saturated heterocycles. The van der Waals surface area contributed by atoms with E-state index in [1.807, 2.05) is 4.89 Å². The van der Waals surface area contributed by atoms with Crippen molar-refractivity contribution < 1.29 is 18.2 Å². The van der Waals surface area contributed by atoms with Gasteiger partial charge < -0.3 is 0 Å². The van der Waals surface area contributed by atoms with Crippen molar-refractivity contribution in [1.29, 1.82) is 0 Å². The Kier molecular flexibility index (Phi) is 4.28. The molecular weight excluding hydrogens is 272 g/mol. The third kappa shape index (κ3) is 3.98. The minimum absolute atomic E-state index is 0.277.